The molecule has 0 atom stereocenters. The molecule has 0 unspecified atom stereocenters. The quantitative estimate of drug-likeness (QED) is 0.323. The fourth-order valence-corrected chi connectivity index (χ4v) is 3.63. The molecule has 9 nitrogen and oxygen atoms in total. The third-order valence-corrected chi connectivity index (χ3v) is 5.42. The number of rotatable bonds is 7. The van der Waals surface area contributed by atoms with Gasteiger partial charge in [0, 0.05) is 43.7 Å². The molecule has 1 N–H and O–H groups in total. The molecule has 3 aromatic carbocycles. The first-order valence-electron chi connectivity index (χ1n) is 10.4. The highest BCUT2D eigenvalue weighted by atomic mass is 16.6. The van der Waals surface area contributed by atoms with Crippen LogP contribution in [0.3, 0.4) is 0 Å². The van der Waals surface area contributed by atoms with Crippen molar-refractivity contribution in [1.82, 2.24) is 0 Å². The second-order valence-corrected chi connectivity index (χ2v) is 7.77. The maximum Gasteiger partial charge on any atom is 0.282 e. The van der Waals surface area contributed by atoms with Crippen molar-refractivity contribution in [1.29, 1.82) is 0 Å². The van der Waals surface area contributed by atoms with E-state index < -0.39 is 16.7 Å². The summed E-state index contributed by atoms with van der Waals surface area (Å²) in [5.74, 6) is -0.585. The molecule has 3 aromatic rings. The largest absolute Gasteiger partial charge is 0.497 e. The molecule has 0 saturated carbocycles. The van der Waals surface area contributed by atoms with E-state index in [2.05, 4.69) is 5.32 Å². The molecule has 0 fully saturated rings. The maximum absolute atomic E-state index is 13.5. The highest BCUT2D eigenvalue weighted by Gasteiger charge is 2.40. The molecule has 1 heterocycles. The van der Waals surface area contributed by atoms with E-state index in [-0.39, 0.29) is 17.0 Å². The molecule has 2 amide bonds. The Bertz CT molecular complexity index is 1300. The van der Waals surface area contributed by atoms with E-state index in [1.807, 2.05) is 43.3 Å². The van der Waals surface area contributed by atoms with Crippen LogP contribution in [0, 0.1) is 10.1 Å². The molecule has 172 valence electrons. The average Bonchev–Trinajstić information content (AvgIpc) is 3.08. The number of hydrogen-bond donors (Lipinski definition) is 1. The van der Waals surface area contributed by atoms with Crippen molar-refractivity contribution in [3.05, 3.63) is 94.2 Å². The standard InChI is InChI=1S/C25H22N4O5/c1-27(2)18-13-9-17(10-14-18)26-23-22(16-7-11-19(12-8-16)29(32)33)24(30)28(25(23)31)20-5-4-6-21(15-20)34-3/h4-15,26H,1-3H3. The Balaban J connectivity index is 1.79. The maximum atomic E-state index is 13.5. The molecule has 0 aliphatic carbocycles. The van der Waals surface area contributed by atoms with Crippen molar-refractivity contribution in [2.75, 3.05) is 36.3 Å². The highest BCUT2D eigenvalue weighted by molar-refractivity contribution is 6.46. The Morgan fingerprint density at radius 1 is 0.941 bits per heavy atom. The summed E-state index contributed by atoms with van der Waals surface area (Å²) >= 11 is 0. The van der Waals surface area contributed by atoms with Crippen molar-refractivity contribution in [2.45, 2.75) is 0 Å². The lowest BCUT2D eigenvalue weighted by molar-refractivity contribution is -0.384. The van der Waals surface area contributed by atoms with E-state index >= 15 is 0 Å². The van der Waals surface area contributed by atoms with Crippen molar-refractivity contribution in [2.24, 2.45) is 0 Å². The van der Waals surface area contributed by atoms with E-state index in [1.54, 1.807) is 24.3 Å². The van der Waals surface area contributed by atoms with Gasteiger partial charge in [0.1, 0.15) is 11.4 Å². The van der Waals surface area contributed by atoms with Gasteiger partial charge in [0.2, 0.25) is 0 Å². The number of nitrogens with zero attached hydrogens (tertiary/aromatic N) is 3. The van der Waals surface area contributed by atoms with Crippen molar-refractivity contribution < 1.29 is 19.2 Å². The first kappa shape index (κ1) is 22.5. The third-order valence-electron chi connectivity index (χ3n) is 5.42. The van der Waals surface area contributed by atoms with Crippen LogP contribution in [0.1, 0.15) is 5.56 Å². The number of nitro groups is 1. The molecule has 1 aliphatic heterocycles. The highest BCUT2D eigenvalue weighted by Crippen LogP contribution is 2.35. The van der Waals surface area contributed by atoms with Crippen LogP contribution < -0.4 is 19.9 Å². The van der Waals surface area contributed by atoms with E-state index in [4.69, 9.17) is 4.74 Å². The van der Waals surface area contributed by atoms with Crippen LogP contribution in [0.5, 0.6) is 5.75 Å². The van der Waals surface area contributed by atoms with Crippen LogP contribution in [-0.4, -0.2) is 37.9 Å². The van der Waals surface area contributed by atoms with Gasteiger partial charge in [-0.2, -0.15) is 0 Å². The molecule has 0 radical (unpaired) electrons. The van der Waals surface area contributed by atoms with E-state index in [0.717, 1.165) is 10.6 Å². The summed E-state index contributed by atoms with van der Waals surface area (Å²) in [4.78, 5) is 40.5. The number of nitrogens with one attached hydrogen (secondary N) is 1. The minimum atomic E-state index is -0.542. The molecule has 34 heavy (non-hydrogen) atoms. The van der Waals surface area contributed by atoms with Crippen LogP contribution in [0.15, 0.2) is 78.5 Å². The molecule has 9 heteroatoms. The van der Waals surface area contributed by atoms with Crippen LogP contribution in [0.4, 0.5) is 22.7 Å². The predicted octanol–water partition coefficient (Wildman–Crippen LogP) is 4.07. The van der Waals surface area contributed by atoms with Gasteiger partial charge in [-0.3, -0.25) is 19.7 Å². The summed E-state index contributed by atoms with van der Waals surface area (Å²) in [6.07, 6.45) is 0. The van der Waals surface area contributed by atoms with E-state index in [0.29, 0.717) is 22.7 Å². The zero-order chi connectivity index (χ0) is 24.4. The Kier molecular flexibility index (Phi) is 6.01. The summed E-state index contributed by atoms with van der Waals surface area (Å²) < 4.78 is 5.24. The molecular formula is C25H22N4O5. The minimum Gasteiger partial charge on any atom is -0.497 e. The van der Waals surface area contributed by atoms with Crippen LogP contribution >= 0.6 is 0 Å². The number of benzene rings is 3. The monoisotopic (exact) mass is 458 g/mol. The number of non-ortho nitro benzene ring substituents is 1. The second-order valence-electron chi connectivity index (χ2n) is 7.77. The van der Waals surface area contributed by atoms with Gasteiger partial charge in [-0.25, -0.2) is 4.90 Å². The minimum absolute atomic E-state index is 0.0827. The van der Waals surface area contributed by atoms with Gasteiger partial charge in [-0.05, 0) is 54.1 Å². The van der Waals surface area contributed by atoms with Gasteiger partial charge >= 0.3 is 0 Å². The van der Waals surface area contributed by atoms with E-state index in [1.165, 1.54) is 31.4 Å². The molecular weight excluding hydrogens is 436 g/mol. The number of ether oxygens (including phenoxy) is 1. The zero-order valence-electron chi connectivity index (χ0n) is 18.8. The Labute approximate surface area is 196 Å². The summed E-state index contributed by atoms with van der Waals surface area (Å²) in [5, 5.41) is 14.2. The van der Waals surface area contributed by atoms with Gasteiger partial charge in [0.05, 0.1) is 23.3 Å². The summed E-state index contributed by atoms with van der Waals surface area (Å²) in [7, 11) is 5.34. The fourth-order valence-electron chi connectivity index (χ4n) is 3.63. The smallest absolute Gasteiger partial charge is 0.282 e. The number of methoxy groups -OCH3 is 1. The molecule has 0 saturated heterocycles. The van der Waals surface area contributed by atoms with Gasteiger partial charge < -0.3 is 15.0 Å². The van der Waals surface area contributed by atoms with E-state index in [9.17, 15) is 19.7 Å². The van der Waals surface area contributed by atoms with Gasteiger partial charge in [-0.1, -0.05) is 6.07 Å². The van der Waals surface area contributed by atoms with Crippen molar-refractivity contribution >= 4 is 40.1 Å². The second kappa shape index (κ2) is 9.07. The van der Waals surface area contributed by atoms with Crippen molar-refractivity contribution in [3.8, 4) is 5.75 Å². The number of anilines is 3. The Morgan fingerprint density at radius 3 is 2.21 bits per heavy atom. The number of hydrogen-bond acceptors (Lipinski definition) is 7. The lowest BCUT2D eigenvalue weighted by atomic mass is 10.0. The molecule has 0 bridgehead atoms. The number of imide groups is 1. The number of carbonyl (C=O) groups excluding carboxylic acids is 2. The fraction of sp³-hybridized carbons (Fsp3) is 0.120. The first-order valence-corrected chi connectivity index (χ1v) is 10.4. The first-order chi connectivity index (χ1) is 16.3. The number of amides is 2. The lowest BCUT2D eigenvalue weighted by Crippen LogP contribution is -2.32. The molecule has 1 aliphatic rings. The Morgan fingerprint density at radius 2 is 1.62 bits per heavy atom. The Hall–Kier alpha value is -4.66. The zero-order valence-corrected chi connectivity index (χ0v) is 18.8. The SMILES string of the molecule is COc1cccc(N2C(=O)C(Nc3ccc(N(C)C)cc3)=C(c3ccc([N+](=O)[O-])cc3)C2=O)c1. The molecule has 0 aromatic heterocycles. The molecule has 4 rings (SSSR count). The normalized spacial score (nSPS) is 13.3. The van der Waals surface area contributed by atoms with Crippen molar-refractivity contribution in [3.63, 3.8) is 0 Å². The van der Waals surface area contributed by atoms with Gasteiger partial charge in [0.25, 0.3) is 17.5 Å². The van der Waals surface area contributed by atoms with Crippen LogP contribution in [-0.2, 0) is 9.59 Å². The summed E-state index contributed by atoms with van der Waals surface area (Å²) in [5.41, 5.74) is 2.43. The number of carbonyl (C=O) groups is 2. The summed E-state index contributed by atoms with van der Waals surface area (Å²) in [6, 6.07) is 19.5. The predicted molar refractivity (Wildman–Crippen MR) is 130 cm³/mol. The average molecular weight is 458 g/mol. The lowest BCUT2D eigenvalue weighted by Gasteiger charge is -2.16. The summed E-state index contributed by atoms with van der Waals surface area (Å²) in [6.45, 7) is 0. The molecule has 0 spiro atoms. The topological polar surface area (TPSA) is 105 Å². The van der Waals surface area contributed by atoms with Gasteiger partial charge in [-0.15, -0.1) is 0 Å². The van der Waals surface area contributed by atoms with Gasteiger partial charge in [0.15, 0.2) is 0 Å². The van der Waals surface area contributed by atoms with Crippen LogP contribution in [0.25, 0.3) is 5.57 Å². The number of nitro benzene ring substituents is 1. The third kappa shape index (κ3) is 4.18. The van der Waals surface area contributed by atoms with Crippen LogP contribution in [0.2, 0.25) is 0 Å².